The SMILES string of the molecule is Cc1ccc(NC(=O)COC(=O)COc2ccc(I)cc2)cc1C. The van der Waals surface area contributed by atoms with E-state index in [1.54, 1.807) is 12.1 Å². The van der Waals surface area contributed by atoms with Crippen molar-refractivity contribution in [1.82, 2.24) is 0 Å². The van der Waals surface area contributed by atoms with Crippen molar-refractivity contribution in [2.24, 2.45) is 0 Å². The molecule has 1 N–H and O–H groups in total. The summed E-state index contributed by atoms with van der Waals surface area (Å²) in [6.45, 7) is 3.38. The summed E-state index contributed by atoms with van der Waals surface area (Å²) in [5.41, 5.74) is 2.90. The fraction of sp³-hybridized carbons (Fsp3) is 0.222. The molecule has 0 aliphatic carbocycles. The Balaban J connectivity index is 1.73. The van der Waals surface area contributed by atoms with Crippen molar-refractivity contribution in [1.29, 1.82) is 0 Å². The minimum Gasteiger partial charge on any atom is -0.482 e. The lowest BCUT2D eigenvalue weighted by Crippen LogP contribution is -2.23. The van der Waals surface area contributed by atoms with E-state index in [-0.39, 0.29) is 19.1 Å². The van der Waals surface area contributed by atoms with E-state index in [1.807, 2.05) is 44.2 Å². The van der Waals surface area contributed by atoms with Crippen LogP contribution in [0, 0.1) is 17.4 Å². The van der Waals surface area contributed by atoms with Crippen molar-refractivity contribution < 1.29 is 19.1 Å². The number of anilines is 1. The summed E-state index contributed by atoms with van der Waals surface area (Å²) in [5.74, 6) is -0.406. The summed E-state index contributed by atoms with van der Waals surface area (Å²) in [6, 6.07) is 12.9. The Kier molecular flexibility index (Phi) is 6.60. The van der Waals surface area contributed by atoms with E-state index in [4.69, 9.17) is 9.47 Å². The van der Waals surface area contributed by atoms with Crippen LogP contribution in [-0.2, 0) is 14.3 Å². The number of carbonyl (C=O) groups is 2. The first-order valence-corrected chi connectivity index (χ1v) is 8.43. The van der Waals surface area contributed by atoms with E-state index in [0.717, 1.165) is 14.7 Å². The number of amides is 1. The van der Waals surface area contributed by atoms with Crippen molar-refractivity contribution in [3.63, 3.8) is 0 Å². The molecule has 0 aromatic heterocycles. The fourth-order valence-electron chi connectivity index (χ4n) is 1.88. The first-order valence-electron chi connectivity index (χ1n) is 7.35. The number of nitrogens with one attached hydrogen (secondary N) is 1. The molecule has 0 fully saturated rings. The van der Waals surface area contributed by atoms with E-state index in [9.17, 15) is 9.59 Å². The van der Waals surface area contributed by atoms with Crippen molar-refractivity contribution in [2.45, 2.75) is 13.8 Å². The van der Waals surface area contributed by atoms with E-state index < -0.39 is 5.97 Å². The third-order valence-corrected chi connectivity index (χ3v) is 4.04. The van der Waals surface area contributed by atoms with Gasteiger partial charge in [0.1, 0.15) is 5.75 Å². The van der Waals surface area contributed by atoms with E-state index in [0.29, 0.717) is 11.4 Å². The maximum absolute atomic E-state index is 11.8. The average molecular weight is 439 g/mol. The van der Waals surface area contributed by atoms with Gasteiger partial charge in [-0.15, -0.1) is 0 Å². The van der Waals surface area contributed by atoms with Crippen LogP contribution in [0.4, 0.5) is 5.69 Å². The second-order valence-electron chi connectivity index (χ2n) is 5.25. The van der Waals surface area contributed by atoms with E-state index in [1.165, 1.54) is 0 Å². The molecule has 126 valence electrons. The van der Waals surface area contributed by atoms with Gasteiger partial charge in [-0.25, -0.2) is 4.79 Å². The highest BCUT2D eigenvalue weighted by molar-refractivity contribution is 14.1. The molecule has 6 heteroatoms. The second kappa shape index (κ2) is 8.68. The first kappa shape index (κ1) is 18.3. The standard InChI is InChI=1S/C18H18INO4/c1-12-3-6-15(9-13(12)2)20-17(21)10-24-18(22)11-23-16-7-4-14(19)5-8-16/h3-9H,10-11H2,1-2H3,(H,20,21). The van der Waals surface area contributed by atoms with Crippen LogP contribution in [0.3, 0.4) is 0 Å². The summed E-state index contributed by atoms with van der Waals surface area (Å²) in [7, 11) is 0. The molecule has 0 heterocycles. The van der Waals surface area contributed by atoms with Crippen molar-refractivity contribution >= 4 is 40.2 Å². The summed E-state index contributed by atoms with van der Waals surface area (Å²) in [6.07, 6.45) is 0. The summed E-state index contributed by atoms with van der Waals surface area (Å²) >= 11 is 2.18. The molecule has 0 spiro atoms. The Bertz CT molecular complexity index is 728. The average Bonchev–Trinajstić information content (AvgIpc) is 2.56. The maximum Gasteiger partial charge on any atom is 0.344 e. The number of halogens is 1. The monoisotopic (exact) mass is 439 g/mol. The molecule has 2 aromatic carbocycles. The minimum absolute atomic E-state index is 0.239. The first-order chi connectivity index (χ1) is 11.4. The summed E-state index contributed by atoms with van der Waals surface area (Å²) in [4.78, 5) is 23.4. The lowest BCUT2D eigenvalue weighted by atomic mass is 10.1. The Morgan fingerprint density at radius 1 is 1.00 bits per heavy atom. The highest BCUT2D eigenvalue weighted by Crippen LogP contribution is 2.14. The van der Waals surface area contributed by atoms with E-state index >= 15 is 0 Å². The van der Waals surface area contributed by atoms with E-state index in [2.05, 4.69) is 27.9 Å². The number of carbonyl (C=O) groups excluding carboxylic acids is 2. The highest BCUT2D eigenvalue weighted by atomic mass is 127. The van der Waals surface area contributed by atoms with Crippen LogP contribution in [0.15, 0.2) is 42.5 Å². The quantitative estimate of drug-likeness (QED) is 0.553. The number of rotatable bonds is 6. The van der Waals surface area contributed by atoms with Gasteiger partial charge in [0.2, 0.25) is 0 Å². The number of esters is 1. The van der Waals surface area contributed by atoms with Gasteiger partial charge in [-0.2, -0.15) is 0 Å². The number of hydrogen-bond acceptors (Lipinski definition) is 4. The van der Waals surface area contributed by atoms with Gasteiger partial charge >= 0.3 is 5.97 Å². The van der Waals surface area contributed by atoms with Crippen LogP contribution in [0.25, 0.3) is 0 Å². The third-order valence-electron chi connectivity index (χ3n) is 3.33. The number of benzene rings is 2. The van der Waals surface area contributed by atoms with Crippen LogP contribution in [0.2, 0.25) is 0 Å². The smallest absolute Gasteiger partial charge is 0.344 e. The van der Waals surface area contributed by atoms with Gasteiger partial charge in [-0.05, 0) is 84.0 Å². The molecule has 0 unspecified atom stereocenters. The topological polar surface area (TPSA) is 64.6 Å². The van der Waals surface area contributed by atoms with Crippen LogP contribution in [-0.4, -0.2) is 25.1 Å². The zero-order valence-electron chi connectivity index (χ0n) is 13.5. The number of ether oxygens (including phenoxy) is 2. The number of hydrogen-bond donors (Lipinski definition) is 1. The van der Waals surface area contributed by atoms with Crippen molar-refractivity contribution in [3.05, 3.63) is 57.2 Å². The molecule has 0 radical (unpaired) electrons. The predicted octanol–water partition coefficient (Wildman–Crippen LogP) is 3.47. The van der Waals surface area contributed by atoms with Crippen molar-refractivity contribution in [2.75, 3.05) is 18.5 Å². The molecule has 0 bridgehead atoms. The molecule has 0 aliphatic heterocycles. The predicted molar refractivity (Wildman–Crippen MR) is 100 cm³/mol. The normalized spacial score (nSPS) is 10.1. The maximum atomic E-state index is 11.8. The van der Waals surface area contributed by atoms with Gasteiger partial charge in [0, 0.05) is 9.26 Å². The Labute approximate surface area is 154 Å². The molecule has 1 amide bonds. The van der Waals surface area contributed by atoms with Gasteiger partial charge in [-0.3, -0.25) is 4.79 Å². The minimum atomic E-state index is -0.594. The number of aryl methyl sites for hydroxylation is 2. The molecule has 0 aliphatic rings. The summed E-state index contributed by atoms with van der Waals surface area (Å²) < 4.78 is 11.3. The van der Waals surface area contributed by atoms with Gasteiger partial charge in [0.15, 0.2) is 13.2 Å². The van der Waals surface area contributed by atoms with Crippen LogP contribution in [0.1, 0.15) is 11.1 Å². The molecule has 0 saturated heterocycles. The van der Waals surface area contributed by atoms with Crippen LogP contribution < -0.4 is 10.1 Å². The van der Waals surface area contributed by atoms with Crippen LogP contribution in [0.5, 0.6) is 5.75 Å². The largest absolute Gasteiger partial charge is 0.482 e. The zero-order valence-corrected chi connectivity index (χ0v) is 15.6. The molecular formula is C18H18INO4. The van der Waals surface area contributed by atoms with Gasteiger partial charge < -0.3 is 14.8 Å². The molecule has 2 aromatic rings. The van der Waals surface area contributed by atoms with Gasteiger partial charge in [0.25, 0.3) is 5.91 Å². The fourth-order valence-corrected chi connectivity index (χ4v) is 2.24. The van der Waals surface area contributed by atoms with Gasteiger partial charge in [-0.1, -0.05) is 6.07 Å². The Morgan fingerprint density at radius 3 is 2.38 bits per heavy atom. The summed E-state index contributed by atoms with van der Waals surface area (Å²) in [5, 5.41) is 2.69. The van der Waals surface area contributed by atoms with Gasteiger partial charge in [0.05, 0.1) is 0 Å². The van der Waals surface area contributed by atoms with Crippen molar-refractivity contribution in [3.8, 4) is 5.75 Å². The van der Waals surface area contributed by atoms with Crippen LogP contribution >= 0.6 is 22.6 Å². The second-order valence-corrected chi connectivity index (χ2v) is 6.50. The third kappa shape index (κ3) is 5.84. The Morgan fingerprint density at radius 2 is 1.71 bits per heavy atom. The molecule has 0 saturated carbocycles. The molecular weight excluding hydrogens is 421 g/mol. The highest BCUT2D eigenvalue weighted by Gasteiger charge is 2.09. The molecule has 5 nitrogen and oxygen atoms in total. The molecule has 24 heavy (non-hydrogen) atoms. The lowest BCUT2D eigenvalue weighted by Gasteiger charge is -2.09. The zero-order chi connectivity index (χ0) is 17.5. The molecule has 2 rings (SSSR count). The Hall–Kier alpha value is -2.09. The lowest BCUT2D eigenvalue weighted by molar-refractivity contribution is -0.149. The molecule has 0 atom stereocenters.